The highest BCUT2D eigenvalue weighted by Gasteiger charge is 2.15. The number of H-pyrrole nitrogens is 1. The highest BCUT2D eigenvalue weighted by atomic mass is 32.2. The Kier molecular flexibility index (Phi) is 3.33. The number of fused-ring (bicyclic) bond motifs is 1. The van der Waals surface area contributed by atoms with Crippen molar-refractivity contribution in [3.63, 3.8) is 0 Å². The van der Waals surface area contributed by atoms with Crippen molar-refractivity contribution in [2.75, 3.05) is 6.26 Å². The molecule has 0 amide bonds. The zero-order valence-electron chi connectivity index (χ0n) is 10.6. The molecule has 2 rings (SSSR count). The van der Waals surface area contributed by atoms with Gasteiger partial charge in [0.2, 0.25) is 0 Å². The van der Waals surface area contributed by atoms with Crippen molar-refractivity contribution >= 4 is 33.1 Å². The molecule has 18 heavy (non-hydrogen) atoms. The summed E-state index contributed by atoms with van der Waals surface area (Å²) in [5.41, 5.74) is 1.45. The van der Waals surface area contributed by atoms with E-state index in [4.69, 9.17) is 12.2 Å². The van der Waals surface area contributed by atoms with Crippen LogP contribution in [0, 0.1) is 10.7 Å². The predicted molar refractivity (Wildman–Crippen MR) is 75.1 cm³/mol. The maximum atomic E-state index is 11.7. The molecule has 0 atom stereocenters. The minimum atomic E-state index is -3.25. The number of hydrogen-bond donors (Lipinski definition) is 1. The molecule has 0 radical (unpaired) electrons. The average molecular weight is 284 g/mol. The number of sulfone groups is 1. The highest BCUT2D eigenvalue weighted by molar-refractivity contribution is 7.91. The Bertz CT molecular complexity index is 739. The number of hydrogen-bond acceptors (Lipinski definition) is 3. The van der Waals surface area contributed by atoms with E-state index >= 15 is 0 Å². The monoisotopic (exact) mass is 284 g/mol. The number of nitrogens with one attached hydrogen (secondary N) is 1. The van der Waals surface area contributed by atoms with E-state index < -0.39 is 9.84 Å². The van der Waals surface area contributed by atoms with Crippen LogP contribution in [0.3, 0.4) is 0 Å². The van der Waals surface area contributed by atoms with Gasteiger partial charge in [-0.25, -0.2) is 8.42 Å². The normalized spacial score (nSPS) is 12.4. The second-order valence-electron chi connectivity index (χ2n) is 4.86. The lowest BCUT2D eigenvalue weighted by Crippen LogP contribution is -2.04. The number of nitrogens with zero attached hydrogens (tertiary/aromatic N) is 1. The van der Waals surface area contributed by atoms with Gasteiger partial charge in [-0.3, -0.25) is 0 Å². The molecule has 0 fully saturated rings. The Morgan fingerprint density at radius 2 is 2.06 bits per heavy atom. The van der Waals surface area contributed by atoms with Gasteiger partial charge in [-0.05, 0) is 30.3 Å². The number of imidazole rings is 1. The van der Waals surface area contributed by atoms with Gasteiger partial charge in [0.1, 0.15) is 0 Å². The summed E-state index contributed by atoms with van der Waals surface area (Å²) in [4.78, 5) is 3.31. The Labute approximate surface area is 112 Å². The van der Waals surface area contributed by atoms with E-state index in [9.17, 15) is 8.42 Å². The molecule has 0 aliphatic carbocycles. The number of benzene rings is 1. The molecule has 98 valence electrons. The van der Waals surface area contributed by atoms with Gasteiger partial charge in [-0.2, -0.15) is 0 Å². The van der Waals surface area contributed by atoms with E-state index in [-0.39, 0.29) is 0 Å². The van der Waals surface area contributed by atoms with E-state index in [2.05, 4.69) is 18.8 Å². The molecule has 4 nitrogen and oxygen atoms in total. The first kappa shape index (κ1) is 13.3. The van der Waals surface area contributed by atoms with Gasteiger partial charge >= 0.3 is 0 Å². The summed E-state index contributed by atoms with van der Waals surface area (Å²) in [5.74, 6) is 0.442. The molecule has 0 saturated heterocycles. The number of aromatic nitrogens is 2. The summed E-state index contributed by atoms with van der Waals surface area (Å²) in [5, 5.41) is 0. The lowest BCUT2D eigenvalue weighted by atomic mass is 10.2. The summed E-state index contributed by atoms with van der Waals surface area (Å²) in [6, 6.07) is 5.24. The average Bonchev–Trinajstić information content (AvgIpc) is 2.53. The van der Waals surface area contributed by atoms with Crippen molar-refractivity contribution in [3.8, 4) is 0 Å². The van der Waals surface area contributed by atoms with E-state index in [1.165, 1.54) is 6.26 Å². The van der Waals surface area contributed by atoms with Gasteiger partial charge in [0.25, 0.3) is 0 Å². The predicted octanol–water partition coefficient (Wildman–Crippen LogP) is 2.76. The maximum absolute atomic E-state index is 11.7. The smallest absolute Gasteiger partial charge is 0.178 e. The summed E-state index contributed by atoms with van der Waals surface area (Å²) in [6.45, 7) is 4.97. The summed E-state index contributed by atoms with van der Waals surface area (Å²) in [6.07, 6.45) is 1.21. The second kappa shape index (κ2) is 4.51. The molecule has 0 saturated carbocycles. The highest BCUT2D eigenvalue weighted by Crippen LogP contribution is 2.23. The summed E-state index contributed by atoms with van der Waals surface area (Å²) < 4.78 is 26.0. The lowest BCUT2D eigenvalue weighted by molar-refractivity contribution is 0.529. The van der Waals surface area contributed by atoms with Crippen LogP contribution in [0.5, 0.6) is 0 Å². The van der Waals surface area contributed by atoms with E-state index in [1.807, 2.05) is 10.6 Å². The SMILES string of the molecule is CC(C)Cn1c(=S)[nH]c2c(S(C)(=O)=O)cccc21. The molecule has 2 aromatic rings. The Morgan fingerprint density at radius 3 is 2.61 bits per heavy atom. The number of aromatic amines is 1. The first-order chi connectivity index (χ1) is 8.30. The Morgan fingerprint density at radius 1 is 1.39 bits per heavy atom. The molecule has 1 heterocycles. The van der Waals surface area contributed by atoms with Crippen molar-refractivity contribution < 1.29 is 8.42 Å². The molecule has 0 spiro atoms. The van der Waals surface area contributed by atoms with Gasteiger partial charge in [0.05, 0.1) is 15.9 Å². The molecule has 1 aromatic carbocycles. The van der Waals surface area contributed by atoms with Crippen LogP contribution in [-0.2, 0) is 16.4 Å². The molecule has 1 aromatic heterocycles. The van der Waals surface area contributed by atoms with E-state index in [0.29, 0.717) is 21.1 Å². The third-order valence-electron chi connectivity index (χ3n) is 2.72. The van der Waals surface area contributed by atoms with Gasteiger partial charge < -0.3 is 9.55 Å². The first-order valence-electron chi connectivity index (χ1n) is 5.72. The summed E-state index contributed by atoms with van der Waals surface area (Å²) >= 11 is 5.27. The molecule has 0 unspecified atom stereocenters. The molecular formula is C12H16N2O2S2. The molecule has 0 aliphatic heterocycles. The van der Waals surface area contributed by atoms with E-state index in [1.54, 1.807) is 12.1 Å². The zero-order chi connectivity index (χ0) is 13.5. The minimum absolute atomic E-state index is 0.300. The molecule has 6 heteroatoms. The Balaban J connectivity index is 2.79. The lowest BCUT2D eigenvalue weighted by Gasteiger charge is -2.07. The van der Waals surface area contributed by atoms with Crippen molar-refractivity contribution in [2.24, 2.45) is 5.92 Å². The first-order valence-corrected chi connectivity index (χ1v) is 8.02. The topological polar surface area (TPSA) is 54.9 Å². The van der Waals surface area contributed by atoms with Gasteiger partial charge in [0.15, 0.2) is 14.6 Å². The van der Waals surface area contributed by atoms with Crippen molar-refractivity contribution in [1.82, 2.24) is 9.55 Å². The molecule has 0 aliphatic rings. The molecular weight excluding hydrogens is 268 g/mol. The maximum Gasteiger partial charge on any atom is 0.178 e. The largest absolute Gasteiger partial charge is 0.329 e. The van der Waals surface area contributed by atoms with Crippen LogP contribution in [0.1, 0.15) is 13.8 Å². The van der Waals surface area contributed by atoms with Crippen LogP contribution in [0.15, 0.2) is 23.1 Å². The fraction of sp³-hybridized carbons (Fsp3) is 0.417. The van der Waals surface area contributed by atoms with Crippen LogP contribution in [-0.4, -0.2) is 24.2 Å². The zero-order valence-corrected chi connectivity index (χ0v) is 12.2. The van der Waals surface area contributed by atoms with Crippen molar-refractivity contribution in [2.45, 2.75) is 25.3 Å². The fourth-order valence-corrected chi connectivity index (χ4v) is 3.14. The summed E-state index contributed by atoms with van der Waals surface area (Å²) in [7, 11) is -3.25. The third kappa shape index (κ3) is 2.35. The number of para-hydroxylation sites is 1. The fourth-order valence-electron chi connectivity index (χ4n) is 2.01. The second-order valence-corrected chi connectivity index (χ2v) is 7.23. The van der Waals surface area contributed by atoms with Crippen LogP contribution in [0.2, 0.25) is 0 Å². The molecule has 0 bridgehead atoms. The van der Waals surface area contributed by atoms with Gasteiger partial charge in [-0.15, -0.1) is 0 Å². The van der Waals surface area contributed by atoms with Crippen LogP contribution < -0.4 is 0 Å². The van der Waals surface area contributed by atoms with Crippen LogP contribution >= 0.6 is 12.2 Å². The Hall–Kier alpha value is -1.14. The van der Waals surface area contributed by atoms with Crippen molar-refractivity contribution in [1.29, 1.82) is 0 Å². The van der Waals surface area contributed by atoms with E-state index in [0.717, 1.165) is 12.1 Å². The van der Waals surface area contributed by atoms with Gasteiger partial charge in [-0.1, -0.05) is 19.9 Å². The van der Waals surface area contributed by atoms with Crippen LogP contribution in [0.4, 0.5) is 0 Å². The third-order valence-corrected chi connectivity index (χ3v) is 4.18. The molecule has 1 N–H and O–H groups in total. The standard InChI is InChI=1S/C12H16N2O2S2/c1-8(2)7-14-9-5-4-6-10(18(3,15)16)11(9)13-12(14)17/h4-6,8H,7H2,1-3H3,(H,13,17). The van der Waals surface area contributed by atoms with Crippen molar-refractivity contribution in [3.05, 3.63) is 23.0 Å². The van der Waals surface area contributed by atoms with Gasteiger partial charge in [0, 0.05) is 12.8 Å². The number of rotatable bonds is 3. The van der Waals surface area contributed by atoms with Crippen LogP contribution in [0.25, 0.3) is 11.0 Å². The quantitative estimate of drug-likeness (QED) is 0.882. The minimum Gasteiger partial charge on any atom is -0.329 e.